The second-order valence-electron chi connectivity index (χ2n) is 1.96. The standard InChI is InChI=1S/C4H10NO/c1-4(2,6)3-5/h3,5H2,1-2H3. The Hall–Kier alpha value is -0.0800. The van der Waals surface area contributed by atoms with Crippen molar-refractivity contribution in [2.75, 3.05) is 6.54 Å². The van der Waals surface area contributed by atoms with Gasteiger partial charge in [-0.25, -0.2) is 5.11 Å². The van der Waals surface area contributed by atoms with Gasteiger partial charge in [-0.15, -0.1) is 0 Å². The molecule has 0 spiro atoms. The van der Waals surface area contributed by atoms with Gasteiger partial charge in [-0.1, -0.05) is 0 Å². The van der Waals surface area contributed by atoms with Crippen LogP contribution in [0.3, 0.4) is 0 Å². The fourth-order valence-corrected chi connectivity index (χ4v) is 0. The molecule has 0 saturated carbocycles. The Morgan fingerprint density at radius 1 is 1.67 bits per heavy atom. The highest BCUT2D eigenvalue weighted by Gasteiger charge is 2.09. The van der Waals surface area contributed by atoms with Crippen molar-refractivity contribution in [2.24, 2.45) is 5.73 Å². The van der Waals surface area contributed by atoms with Crippen molar-refractivity contribution in [1.82, 2.24) is 0 Å². The van der Waals surface area contributed by atoms with Crippen LogP contribution in [-0.4, -0.2) is 12.1 Å². The van der Waals surface area contributed by atoms with Crippen molar-refractivity contribution < 1.29 is 5.11 Å². The normalized spacial score (nSPS) is 12.0. The molecule has 0 rings (SSSR count). The first kappa shape index (κ1) is 5.92. The molecule has 2 N–H and O–H groups in total. The van der Waals surface area contributed by atoms with Crippen LogP contribution in [-0.2, 0) is 5.11 Å². The molecule has 0 aliphatic carbocycles. The molecule has 0 bridgehead atoms. The Kier molecular flexibility index (Phi) is 1.56. The van der Waals surface area contributed by atoms with Crippen LogP contribution in [0.2, 0.25) is 0 Å². The first-order chi connectivity index (χ1) is 2.56. The number of hydrogen-bond donors (Lipinski definition) is 1. The lowest BCUT2D eigenvalue weighted by Gasteiger charge is -2.07. The Bertz CT molecular complexity index is 37.3. The van der Waals surface area contributed by atoms with Crippen LogP contribution in [0.5, 0.6) is 0 Å². The van der Waals surface area contributed by atoms with Gasteiger partial charge in [0.15, 0.2) is 0 Å². The van der Waals surface area contributed by atoms with E-state index in [9.17, 15) is 5.11 Å². The van der Waals surface area contributed by atoms with E-state index in [0.717, 1.165) is 0 Å². The summed E-state index contributed by atoms with van der Waals surface area (Å²) in [6, 6.07) is 0. The van der Waals surface area contributed by atoms with Crippen LogP contribution in [0.4, 0.5) is 0 Å². The Labute approximate surface area is 38.0 Å². The van der Waals surface area contributed by atoms with Crippen LogP contribution >= 0.6 is 0 Å². The quantitative estimate of drug-likeness (QED) is 0.487. The van der Waals surface area contributed by atoms with Crippen molar-refractivity contribution >= 4 is 0 Å². The average Bonchev–Trinajstić information content (AvgIpc) is 1.35. The lowest BCUT2D eigenvalue weighted by atomic mass is 10.1. The number of hydrogen-bond acceptors (Lipinski definition) is 1. The lowest BCUT2D eigenvalue weighted by molar-refractivity contribution is 0.0126. The molecule has 0 saturated heterocycles. The maximum Gasteiger partial charge on any atom is 0.110 e. The maximum absolute atomic E-state index is 10.3. The SMILES string of the molecule is CC(C)([O])CN. The van der Waals surface area contributed by atoms with Gasteiger partial charge in [0, 0.05) is 6.54 Å². The van der Waals surface area contributed by atoms with Crippen LogP contribution in [0.15, 0.2) is 0 Å². The third-order valence-corrected chi connectivity index (χ3v) is 0.492. The van der Waals surface area contributed by atoms with Gasteiger partial charge in [0.25, 0.3) is 0 Å². The maximum atomic E-state index is 10.3. The summed E-state index contributed by atoms with van der Waals surface area (Å²) in [6.07, 6.45) is 0. The highest BCUT2D eigenvalue weighted by molar-refractivity contribution is 4.62. The molecule has 1 radical (unpaired) electrons. The van der Waals surface area contributed by atoms with Gasteiger partial charge in [0.1, 0.15) is 5.60 Å². The molecule has 6 heavy (non-hydrogen) atoms. The van der Waals surface area contributed by atoms with E-state index < -0.39 is 5.60 Å². The smallest absolute Gasteiger partial charge is 0.110 e. The summed E-state index contributed by atoms with van der Waals surface area (Å²) in [7, 11) is 0. The first-order valence-electron chi connectivity index (χ1n) is 1.97. The van der Waals surface area contributed by atoms with E-state index >= 15 is 0 Å². The van der Waals surface area contributed by atoms with Crippen LogP contribution < -0.4 is 5.73 Å². The Morgan fingerprint density at radius 3 is 1.83 bits per heavy atom. The van der Waals surface area contributed by atoms with E-state index in [1.807, 2.05) is 0 Å². The third kappa shape index (κ3) is 3.92. The van der Waals surface area contributed by atoms with Crippen LogP contribution in [0, 0.1) is 0 Å². The number of nitrogens with two attached hydrogens (primary N) is 1. The molecule has 0 aromatic rings. The van der Waals surface area contributed by atoms with E-state index in [-0.39, 0.29) is 6.54 Å². The molecule has 2 heteroatoms. The minimum Gasteiger partial charge on any atom is -0.328 e. The van der Waals surface area contributed by atoms with Gasteiger partial charge in [0.05, 0.1) is 0 Å². The largest absolute Gasteiger partial charge is 0.328 e. The van der Waals surface area contributed by atoms with Gasteiger partial charge in [0.2, 0.25) is 0 Å². The van der Waals surface area contributed by atoms with Gasteiger partial charge < -0.3 is 5.73 Å². The average molecular weight is 88.1 g/mol. The van der Waals surface area contributed by atoms with Gasteiger partial charge in [-0.3, -0.25) is 0 Å². The van der Waals surface area contributed by atoms with Gasteiger partial charge >= 0.3 is 0 Å². The van der Waals surface area contributed by atoms with Crippen molar-refractivity contribution in [3.63, 3.8) is 0 Å². The zero-order valence-corrected chi connectivity index (χ0v) is 4.19. The summed E-state index contributed by atoms with van der Waals surface area (Å²) in [5.74, 6) is 0. The fraction of sp³-hybridized carbons (Fsp3) is 1.00. The minimum absolute atomic E-state index is 0.215. The van der Waals surface area contributed by atoms with E-state index in [1.54, 1.807) is 13.8 Å². The zero-order valence-electron chi connectivity index (χ0n) is 4.19. The van der Waals surface area contributed by atoms with Crippen molar-refractivity contribution in [3.05, 3.63) is 0 Å². The van der Waals surface area contributed by atoms with Gasteiger partial charge in [-0.05, 0) is 13.8 Å². The van der Waals surface area contributed by atoms with E-state index in [0.29, 0.717) is 0 Å². The molecule has 0 heterocycles. The van der Waals surface area contributed by atoms with Crippen LogP contribution in [0.25, 0.3) is 0 Å². The minimum atomic E-state index is -0.931. The molecule has 0 amide bonds. The topological polar surface area (TPSA) is 45.9 Å². The highest BCUT2D eigenvalue weighted by atomic mass is 16.3. The van der Waals surface area contributed by atoms with E-state index in [4.69, 9.17) is 5.73 Å². The van der Waals surface area contributed by atoms with E-state index in [2.05, 4.69) is 0 Å². The van der Waals surface area contributed by atoms with Crippen molar-refractivity contribution in [2.45, 2.75) is 19.4 Å². The summed E-state index contributed by atoms with van der Waals surface area (Å²) >= 11 is 0. The summed E-state index contributed by atoms with van der Waals surface area (Å²) < 4.78 is 0. The number of rotatable bonds is 1. The summed E-state index contributed by atoms with van der Waals surface area (Å²) in [5, 5.41) is 10.3. The summed E-state index contributed by atoms with van der Waals surface area (Å²) in [4.78, 5) is 0. The Balaban J connectivity index is 3.17. The molecule has 37 valence electrons. The molecule has 2 nitrogen and oxygen atoms in total. The molecular formula is C4H10NO. The first-order valence-corrected chi connectivity index (χ1v) is 1.97. The van der Waals surface area contributed by atoms with Gasteiger partial charge in [-0.2, -0.15) is 0 Å². The second-order valence-corrected chi connectivity index (χ2v) is 1.96. The third-order valence-electron chi connectivity index (χ3n) is 0.492. The van der Waals surface area contributed by atoms with Crippen LogP contribution in [0.1, 0.15) is 13.8 Å². The molecule has 0 aliphatic heterocycles. The lowest BCUT2D eigenvalue weighted by Crippen LogP contribution is -2.28. The summed E-state index contributed by atoms with van der Waals surface area (Å²) in [5.41, 5.74) is 4.06. The molecule has 0 fully saturated rings. The molecular weight excluding hydrogens is 78.1 g/mol. The zero-order chi connectivity index (χ0) is 5.21. The second kappa shape index (κ2) is 1.58. The van der Waals surface area contributed by atoms with E-state index in [1.165, 1.54) is 0 Å². The molecule has 0 aliphatic rings. The highest BCUT2D eigenvalue weighted by Crippen LogP contribution is 1.95. The fourth-order valence-electron chi connectivity index (χ4n) is 0. The monoisotopic (exact) mass is 88.1 g/mol. The van der Waals surface area contributed by atoms with Crippen molar-refractivity contribution in [1.29, 1.82) is 0 Å². The predicted molar refractivity (Wildman–Crippen MR) is 23.8 cm³/mol. The Morgan fingerprint density at radius 2 is 1.83 bits per heavy atom. The van der Waals surface area contributed by atoms with Crippen molar-refractivity contribution in [3.8, 4) is 0 Å². The molecule has 0 unspecified atom stereocenters. The molecule has 0 atom stereocenters. The predicted octanol–water partition coefficient (Wildman–Crippen LogP) is 0.154. The molecule has 0 aromatic heterocycles. The molecule has 0 aromatic carbocycles. The summed E-state index contributed by atoms with van der Waals surface area (Å²) in [6.45, 7) is 3.34.